The van der Waals surface area contributed by atoms with Gasteiger partial charge in [0.2, 0.25) is 0 Å². The number of sulfonamides is 1. The minimum atomic E-state index is -5.54. The van der Waals surface area contributed by atoms with Crippen LogP contribution < -0.4 is 4.72 Å². The fourth-order valence-corrected chi connectivity index (χ4v) is 2.05. The number of esters is 1. The lowest BCUT2D eigenvalue weighted by Gasteiger charge is -2.17. The molecule has 0 rings (SSSR count). The van der Waals surface area contributed by atoms with E-state index < -0.39 is 27.5 Å². The van der Waals surface area contributed by atoms with Crippen molar-refractivity contribution < 1.29 is 31.1 Å². The first-order valence-corrected chi connectivity index (χ1v) is 7.18. The number of carbonyl (C=O) groups is 1. The van der Waals surface area contributed by atoms with Gasteiger partial charge in [0.05, 0.1) is 7.11 Å². The zero-order valence-corrected chi connectivity index (χ0v) is 10.7. The molecule has 0 heterocycles. The Labute approximate surface area is 101 Å². The third-order valence-electron chi connectivity index (χ3n) is 1.70. The van der Waals surface area contributed by atoms with Crippen LogP contribution in [0.25, 0.3) is 0 Å². The molecule has 0 aromatic rings. The number of thioether (sulfide) groups is 1. The summed E-state index contributed by atoms with van der Waals surface area (Å²) in [6.45, 7) is 0. The fourth-order valence-electron chi connectivity index (χ4n) is 0.857. The second-order valence-corrected chi connectivity index (χ2v) is 5.62. The molecule has 5 nitrogen and oxygen atoms in total. The Morgan fingerprint density at radius 1 is 1.47 bits per heavy atom. The van der Waals surface area contributed by atoms with Gasteiger partial charge in [0, 0.05) is 0 Å². The van der Waals surface area contributed by atoms with Gasteiger partial charge in [0.15, 0.2) is 0 Å². The largest absolute Gasteiger partial charge is 0.511 e. The minimum absolute atomic E-state index is 0.0802. The highest BCUT2D eigenvalue weighted by Crippen LogP contribution is 2.22. The first kappa shape index (κ1) is 16.5. The average Bonchev–Trinajstić information content (AvgIpc) is 2.21. The molecule has 1 N–H and O–H groups in total. The van der Waals surface area contributed by atoms with Gasteiger partial charge in [0.1, 0.15) is 6.04 Å². The Morgan fingerprint density at radius 3 is 2.35 bits per heavy atom. The maximum absolute atomic E-state index is 12.1. The van der Waals surface area contributed by atoms with Gasteiger partial charge in [0.25, 0.3) is 0 Å². The lowest BCUT2D eigenvalue weighted by molar-refractivity contribution is -0.142. The summed E-state index contributed by atoms with van der Waals surface area (Å²) in [5.74, 6) is -0.730. The molecule has 0 saturated carbocycles. The van der Waals surface area contributed by atoms with E-state index >= 15 is 0 Å². The van der Waals surface area contributed by atoms with Gasteiger partial charge in [-0.2, -0.15) is 29.7 Å². The van der Waals surface area contributed by atoms with Crippen LogP contribution in [0.15, 0.2) is 0 Å². The number of halogens is 3. The first-order chi connectivity index (χ1) is 7.65. The maximum Gasteiger partial charge on any atom is 0.511 e. The highest BCUT2D eigenvalue weighted by Gasteiger charge is 2.47. The Kier molecular flexibility index (Phi) is 6.27. The molecule has 0 unspecified atom stereocenters. The van der Waals surface area contributed by atoms with Crippen LogP contribution in [0.2, 0.25) is 0 Å². The molecule has 0 bridgehead atoms. The van der Waals surface area contributed by atoms with Crippen LogP contribution in [-0.4, -0.2) is 45.1 Å². The van der Waals surface area contributed by atoms with E-state index in [1.165, 1.54) is 16.5 Å². The number of carbonyl (C=O) groups excluding carboxylic acids is 1. The van der Waals surface area contributed by atoms with Crippen LogP contribution in [0, 0.1) is 0 Å². The third-order valence-corrected chi connectivity index (χ3v) is 3.55. The topological polar surface area (TPSA) is 72.5 Å². The third kappa shape index (κ3) is 5.13. The van der Waals surface area contributed by atoms with Gasteiger partial charge in [-0.1, -0.05) is 0 Å². The van der Waals surface area contributed by atoms with Crippen molar-refractivity contribution in [1.82, 2.24) is 4.72 Å². The molecular formula is C7H12F3NO4S2. The van der Waals surface area contributed by atoms with Gasteiger partial charge < -0.3 is 4.74 Å². The fraction of sp³-hybridized carbons (Fsp3) is 0.857. The van der Waals surface area contributed by atoms with Crippen molar-refractivity contribution >= 4 is 27.8 Å². The number of methoxy groups -OCH3 is 1. The van der Waals surface area contributed by atoms with E-state index in [0.29, 0.717) is 5.75 Å². The first-order valence-electron chi connectivity index (χ1n) is 4.31. The Bertz CT molecular complexity index is 355. The van der Waals surface area contributed by atoms with Crippen molar-refractivity contribution in [3.05, 3.63) is 0 Å². The summed E-state index contributed by atoms with van der Waals surface area (Å²) in [6, 6.07) is -1.53. The van der Waals surface area contributed by atoms with E-state index in [0.717, 1.165) is 7.11 Å². The minimum Gasteiger partial charge on any atom is -0.468 e. The standard InChI is InChI=1S/C7H12F3NO4S2/c1-15-6(12)5(3-4-16-2)11-17(13,14)7(8,9)10/h5,11H,3-4H2,1-2H3/t5-/m0/s1. The van der Waals surface area contributed by atoms with Crippen LogP contribution in [0.1, 0.15) is 6.42 Å². The van der Waals surface area contributed by atoms with Crippen LogP contribution >= 0.6 is 11.8 Å². The summed E-state index contributed by atoms with van der Waals surface area (Å²) in [4.78, 5) is 11.1. The monoisotopic (exact) mass is 295 g/mol. The molecule has 1 atom stereocenters. The number of rotatable bonds is 6. The van der Waals surface area contributed by atoms with Crippen molar-refractivity contribution in [2.45, 2.75) is 18.0 Å². The molecular weight excluding hydrogens is 283 g/mol. The SMILES string of the molecule is COC(=O)[C@H](CCSC)NS(=O)(=O)C(F)(F)F. The molecule has 0 aliphatic rings. The van der Waals surface area contributed by atoms with Crippen LogP contribution in [0.3, 0.4) is 0 Å². The van der Waals surface area contributed by atoms with E-state index in [2.05, 4.69) is 4.74 Å². The summed E-state index contributed by atoms with van der Waals surface area (Å²) in [7, 11) is -4.57. The molecule has 10 heteroatoms. The number of nitrogens with one attached hydrogen (secondary N) is 1. The van der Waals surface area contributed by atoms with E-state index in [9.17, 15) is 26.4 Å². The quantitative estimate of drug-likeness (QED) is 0.731. The molecule has 0 amide bonds. The molecule has 0 radical (unpaired) electrons. The van der Waals surface area contributed by atoms with Gasteiger partial charge in [-0.05, 0) is 18.4 Å². The summed E-state index contributed by atoms with van der Waals surface area (Å²) >= 11 is 1.27. The van der Waals surface area contributed by atoms with E-state index in [1.54, 1.807) is 6.26 Å². The molecule has 0 spiro atoms. The van der Waals surface area contributed by atoms with E-state index in [4.69, 9.17) is 0 Å². The average molecular weight is 295 g/mol. The molecule has 0 aliphatic heterocycles. The molecule has 0 aromatic heterocycles. The zero-order valence-electron chi connectivity index (χ0n) is 9.07. The molecule has 0 aliphatic carbocycles. The number of hydrogen-bond donors (Lipinski definition) is 1. The summed E-state index contributed by atoms with van der Waals surface area (Å²) in [5.41, 5.74) is -5.45. The Hall–Kier alpha value is -0.480. The lowest BCUT2D eigenvalue weighted by Crippen LogP contribution is -2.47. The Morgan fingerprint density at radius 2 is 2.00 bits per heavy atom. The van der Waals surface area contributed by atoms with Crippen LogP contribution in [0.5, 0.6) is 0 Å². The Balaban J connectivity index is 4.81. The molecule has 102 valence electrons. The van der Waals surface area contributed by atoms with Crippen molar-refractivity contribution in [1.29, 1.82) is 0 Å². The summed E-state index contributed by atoms with van der Waals surface area (Å²) in [6.07, 6.45) is 1.59. The molecule has 17 heavy (non-hydrogen) atoms. The normalized spacial score (nSPS) is 14.4. The highest BCUT2D eigenvalue weighted by atomic mass is 32.2. The van der Waals surface area contributed by atoms with Gasteiger partial charge >= 0.3 is 21.5 Å². The van der Waals surface area contributed by atoms with Gasteiger partial charge in [-0.3, -0.25) is 4.79 Å². The van der Waals surface area contributed by atoms with Gasteiger partial charge in [-0.25, -0.2) is 8.42 Å². The predicted molar refractivity (Wildman–Crippen MR) is 56.9 cm³/mol. The highest BCUT2D eigenvalue weighted by molar-refractivity contribution is 7.98. The van der Waals surface area contributed by atoms with Crippen molar-refractivity contribution in [2.75, 3.05) is 19.1 Å². The van der Waals surface area contributed by atoms with Crippen LogP contribution in [0.4, 0.5) is 13.2 Å². The number of ether oxygens (including phenoxy) is 1. The van der Waals surface area contributed by atoms with Crippen molar-refractivity contribution in [3.8, 4) is 0 Å². The van der Waals surface area contributed by atoms with E-state index in [-0.39, 0.29) is 6.42 Å². The smallest absolute Gasteiger partial charge is 0.468 e. The predicted octanol–water partition coefficient (Wildman–Crippen LogP) is 0.720. The number of hydrogen-bond acceptors (Lipinski definition) is 5. The molecule has 0 aromatic carbocycles. The second-order valence-electron chi connectivity index (χ2n) is 2.92. The second kappa shape index (κ2) is 6.45. The molecule has 0 saturated heterocycles. The summed E-state index contributed by atoms with van der Waals surface area (Å²) in [5, 5.41) is 0. The van der Waals surface area contributed by atoms with Gasteiger partial charge in [-0.15, -0.1) is 0 Å². The van der Waals surface area contributed by atoms with E-state index in [1.807, 2.05) is 0 Å². The zero-order chi connectivity index (χ0) is 13.7. The number of alkyl halides is 3. The maximum atomic E-state index is 12.1. The lowest BCUT2D eigenvalue weighted by atomic mass is 10.2. The van der Waals surface area contributed by atoms with Crippen molar-refractivity contribution in [3.63, 3.8) is 0 Å². The van der Waals surface area contributed by atoms with Crippen molar-refractivity contribution in [2.24, 2.45) is 0 Å². The van der Waals surface area contributed by atoms with Crippen LogP contribution in [-0.2, 0) is 19.6 Å². The summed E-state index contributed by atoms with van der Waals surface area (Å²) < 4.78 is 63.3. The molecule has 0 fully saturated rings.